The summed E-state index contributed by atoms with van der Waals surface area (Å²) >= 11 is 5.38. The SMILES string of the molecule is CCOC1CC(n2c(=S)[nH]c3c(OC)ncnc32)C1. The molecule has 0 aliphatic heterocycles. The standard InChI is InChI=1S/C12H16N4O2S/c1-3-18-8-4-7(5-8)16-10-9(15-12(16)19)11(17-2)14-6-13-10/h6-8H,3-5H2,1-2H3,(H,15,19). The van der Waals surface area contributed by atoms with E-state index in [9.17, 15) is 0 Å². The zero-order valence-electron chi connectivity index (χ0n) is 10.9. The van der Waals surface area contributed by atoms with Crippen LogP contribution in [0.25, 0.3) is 11.2 Å². The normalized spacial score (nSPS) is 22.4. The molecule has 0 spiro atoms. The van der Waals surface area contributed by atoms with Gasteiger partial charge in [0.05, 0.1) is 13.2 Å². The van der Waals surface area contributed by atoms with Crippen LogP contribution in [-0.4, -0.2) is 39.3 Å². The second kappa shape index (κ2) is 4.90. The molecule has 7 heteroatoms. The Morgan fingerprint density at radius 1 is 1.47 bits per heavy atom. The first-order chi connectivity index (χ1) is 9.24. The van der Waals surface area contributed by atoms with E-state index in [2.05, 4.69) is 15.0 Å². The molecule has 0 amide bonds. The van der Waals surface area contributed by atoms with Gasteiger partial charge in [-0.2, -0.15) is 4.98 Å². The van der Waals surface area contributed by atoms with E-state index in [1.165, 1.54) is 6.33 Å². The molecule has 1 fully saturated rings. The lowest BCUT2D eigenvalue weighted by atomic mass is 9.89. The van der Waals surface area contributed by atoms with Gasteiger partial charge in [0.25, 0.3) is 0 Å². The van der Waals surface area contributed by atoms with Gasteiger partial charge in [-0.15, -0.1) is 0 Å². The molecule has 1 saturated carbocycles. The smallest absolute Gasteiger partial charge is 0.242 e. The third-order valence-electron chi connectivity index (χ3n) is 3.50. The summed E-state index contributed by atoms with van der Waals surface area (Å²) in [5.41, 5.74) is 1.56. The molecule has 1 N–H and O–H groups in total. The summed E-state index contributed by atoms with van der Waals surface area (Å²) in [6, 6.07) is 0.345. The number of nitrogens with zero attached hydrogens (tertiary/aromatic N) is 3. The van der Waals surface area contributed by atoms with Crippen LogP contribution in [0.5, 0.6) is 5.88 Å². The van der Waals surface area contributed by atoms with E-state index < -0.39 is 0 Å². The minimum Gasteiger partial charge on any atom is -0.479 e. The average molecular weight is 280 g/mol. The van der Waals surface area contributed by atoms with Crippen molar-refractivity contribution in [3.05, 3.63) is 11.1 Å². The summed E-state index contributed by atoms with van der Waals surface area (Å²) in [6.45, 7) is 2.77. The molecule has 6 nitrogen and oxygen atoms in total. The largest absolute Gasteiger partial charge is 0.479 e. The van der Waals surface area contributed by atoms with Crippen molar-refractivity contribution in [3.63, 3.8) is 0 Å². The lowest BCUT2D eigenvalue weighted by Crippen LogP contribution is -2.33. The van der Waals surface area contributed by atoms with Gasteiger partial charge in [-0.05, 0) is 32.0 Å². The molecule has 3 rings (SSSR count). The Morgan fingerprint density at radius 3 is 2.95 bits per heavy atom. The number of aromatic nitrogens is 4. The van der Waals surface area contributed by atoms with E-state index in [1.54, 1.807) is 7.11 Å². The third-order valence-corrected chi connectivity index (χ3v) is 3.80. The van der Waals surface area contributed by atoms with Crippen molar-refractivity contribution < 1.29 is 9.47 Å². The van der Waals surface area contributed by atoms with Crippen molar-refractivity contribution in [1.29, 1.82) is 0 Å². The van der Waals surface area contributed by atoms with Gasteiger partial charge >= 0.3 is 0 Å². The number of hydrogen-bond acceptors (Lipinski definition) is 5. The third kappa shape index (κ3) is 2.02. The quantitative estimate of drug-likeness (QED) is 0.870. The number of rotatable bonds is 4. The van der Waals surface area contributed by atoms with Crippen molar-refractivity contribution in [2.75, 3.05) is 13.7 Å². The first-order valence-electron chi connectivity index (χ1n) is 6.35. The molecule has 102 valence electrons. The first kappa shape index (κ1) is 12.6. The Hall–Kier alpha value is -1.47. The second-order valence-electron chi connectivity index (χ2n) is 4.58. The van der Waals surface area contributed by atoms with Crippen LogP contribution in [0.3, 0.4) is 0 Å². The maximum Gasteiger partial charge on any atom is 0.242 e. The Labute approximate surface area is 115 Å². The van der Waals surface area contributed by atoms with Gasteiger partial charge in [-0.3, -0.25) is 4.57 Å². The molecular weight excluding hydrogens is 264 g/mol. The number of nitrogens with one attached hydrogen (secondary N) is 1. The molecule has 0 unspecified atom stereocenters. The van der Waals surface area contributed by atoms with Gasteiger partial charge in [-0.25, -0.2) is 4.98 Å². The molecule has 0 radical (unpaired) electrons. The van der Waals surface area contributed by atoms with Crippen LogP contribution in [0.4, 0.5) is 0 Å². The second-order valence-corrected chi connectivity index (χ2v) is 4.97. The maximum atomic E-state index is 5.59. The molecule has 2 aromatic heterocycles. The van der Waals surface area contributed by atoms with Crippen molar-refractivity contribution in [2.45, 2.75) is 31.9 Å². The predicted octanol–water partition coefficient (Wildman–Crippen LogP) is 2.24. The van der Waals surface area contributed by atoms with Gasteiger partial charge < -0.3 is 14.5 Å². The fraction of sp³-hybridized carbons (Fsp3) is 0.583. The minimum absolute atomic E-state index is 0.339. The molecule has 0 saturated heterocycles. The maximum absolute atomic E-state index is 5.59. The number of hydrogen-bond donors (Lipinski definition) is 1. The fourth-order valence-corrected chi connectivity index (χ4v) is 2.87. The van der Waals surface area contributed by atoms with Crippen molar-refractivity contribution in [3.8, 4) is 5.88 Å². The van der Waals surface area contributed by atoms with Gasteiger partial charge in [-0.1, -0.05) is 0 Å². The lowest BCUT2D eigenvalue weighted by Gasteiger charge is -2.35. The predicted molar refractivity (Wildman–Crippen MR) is 72.9 cm³/mol. The Bertz CT molecular complexity index is 645. The van der Waals surface area contributed by atoms with Crippen LogP contribution in [0, 0.1) is 4.77 Å². The summed E-state index contributed by atoms with van der Waals surface area (Å²) in [7, 11) is 1.59. The van der Waals surface area contributed by atoms with Crippen LogP contribution in [0.15, 0.2) is 6.33 Å². The van der Waals surface area contributed by atoms with Gasteiger partial charge in [0.2, 0.25) is 5.88 Å². The highest BCUT2D eigenvalue weighted by Crippen LogP contribution is 2.37. The summed E-state index contributed by atoms with van der Waals surface area (Å²) in [4.78, 5) is 11.5. The zero-order chi connectivity index (χ0) is 13.4. The molecule has 2 aromatic rings. The van der Waals surface area contributed by atoms with Gasteiger partial charge in [0, 0.05) is 12.6 Å². The molecule has 2 heterocycles. The van der Waals surface area contributed by atoms with Crippen LogP contribution in [0.2, 0.25) is 0 Å². The van der Waals surface area contributed by atoms with Crippen molar-refractivity contribution in [2.24, 2.45) is 0 Å². The zero-order valence-corrected chi connectivity index (χ0v) is 11.7. The highest BCUT2D eigenvalue weighted by atomic mass is 32.1. The van der Waals surface area contributed by atoms with Crippen LogP contribution < -0.4 is 4.74 Å². The topological polar surface area (TPSA) is 65.0 Å². The number of H-pyrrole nitrogens is 1. The number of aromatic amines is 1. The number of methoxy groups -OCH3 is 1. The summed E-state index contributed by atoms with van der Waals surface area (Å²) in [6.07, 6.45) is 3.78. The average Bonchev–Trinajstić information content (AvgIpc) is 2.69. The highest BCUT2D eigenvalue weighted by Gasteiger charge is 2.33. The fourth-order valence-electron chi connectivity index (χ4n) is 2.53. The van der Waals surface area contributed by atoms with Crippen LogP contribution in [-0.2, 0) is 4.74 Å². The molecule has 19 heavy (non-hydrogen) atoms. The van der Waals surface area contributed by atoms with Gasteiger partial charge in [0.1, 0.15) is 11.8 Å². The Kier molecular flexibility index (Phi) is 3.24. The molecule has 1 aliphatic carbocycles. The van der Waals surface area contributed by atoms with Crippen molar-refractivity contribution in [1.82, 2.24) is 19.5 Å². The molecule has 1 aliphatic rings. The molecule has 0 bridgehead atoms. The van der Waals surface area contributed by atoms with E-state index in [4.69, 9.17) is 21.7 Å². The Balaban J connectivity index is 1.97. The van der Waals surface area contributed by atoms with Crippen LogP contribution in [0.1, 0.15) is 25.8 Å². The monoisotopic (exact) mass is 280 g/mol. The molecular formula is C12H16N4O2S. The summed E-state index contributed by atoms with van der Waals surface area (Å²) < 4.78 is 13.5. The highest BCUT2D eigenvalue weighted by molar-refractivity contribution is 7.71. The van der Waals surface area contributed by atoms with E-state index >= 15 is 0 Å². The van der Waals surface area contributed by atoms with E-state index in [0.29, 0.717) is 22.8 Å². The summed E-state index contributed by atoms with van der Waals surface area (Å²) in [5, 5.41) is 0. The van der Waals surface area contributed by atoms with E-state index in [-0.39, 0.29) is 0 Å². The van der Waals surface area contributed by atoms with Crippen LogP contribution >= 0.6 is 12.2 Å². The number of ether oxygens (including phenoxy) is 2. The molecule has 0 aromatic carbocycles. The number of imidazole rings is 1. The Morgan fingerprint density at radius 2 is 2.26 bits per heavy atom. The van der Waals surface area contributed by atoms with E-state index in [0.717, 1.165) is 30.6 Å². The first-order valence-corrected chi connectivity index (χ1v) is 6.76. The van der Waals surface area contributed by atoms with Gasteiger partial charge in [0.15, 0.2) is 10.4 Å². The molecule has 0 atom stereocenters. The number of fused-ring (bicyclic) bond motifs is 1. The minimum atomic E-state index is 0.339. The van der Waals surface area contributed by atoms with E-state index in [1.807, 2.05) is 11.5 Å². The lowest BCUT2D eigenvalue weighted by molar-refractivity contribution is -0.0191. The van der Waals surface area contributed by atoms with Crippen molar-refractivity contribution >= 4 is 23.4 Å². The summed E-state index contributed by atoms with van der Waals surface area (Å²) in [5.74, 6) is 0.524.